The van der Waals surface area contributed by atoms with Crippen LogP contribution in [0.4, 0.5) is 5.82 Å². The first kappa shape index (κ1) is 19.7. The molecule has 0 bridgehead atoms. The van der Waals surface area contributed by atoms with Crippen molar-refractivity contribution in [3.63, 3.8) is 0 Å². The Morgan fingerprint density at radius 1 is 1.04 bits per heavy atom. The molecule has 4 rings (SSSR count). The highest BCUT2D eigenvalue weighted by Crippen LogP contribution is 2.21. The van der Waals surface area contributed by atoms with E-state index in [-0.39, 0.29) is 0 Å². The topological polar surface area (TPSA) is 61.5 Å². The molecule has 0 aromatic carbocycles. The molecule has 2 saturated heterocycles. The second kappa shape index (κ2) is 9.24. The fraction of sp³-hybridized carbons (Fsp3) is 0.650. The first-order chi connectivity index (χ1) is 13.7. The summed E-state index contributed by atoms with van der Waals surface area (Å²) in [5.74, 6) is 5.41. The molecular weight excluding hydrogens is 372 g/mol. The predicted molar refractivity (Wildman–Crippen MR) is 114 cm³/mol. The third-order valence-electron chi connectivity index (χ3n) is 5.26. The number of thioether (sulfide) groups is 1. The summed E-state index contributed by atoms with van der Waals surface area (Å²) in [5.41, 5.74) is 0.909. The largest absolute Gasteiger partial charge is 0.355 e. The average Bonchev–Trinajstić information content (AvgIpc) is 3.18. The third-order valence-corrected chi connectivity index (χ3v) is 6.20. The lowest BCUT2D eigenvalue weighted by molar-refractivity contribution is 0.108. The van der Waals surface area contributed by atoms with Crippen LogP contribution in [0, 0.1) is 5.92 Å². The molecule has 2 aliphatic rings. The van der Waals surface area contributed by atoms with Crippen LogP contribution in [0.3, 0.4) is 0 Å². The molecule has 0 spiro atoms. The lowest BCUT2D eigenvalue weighted by Gasteiger charge is -2.34. The van der Waals surface area contributed by atoms with Gasteiger partial charge in [-0.25, -0.2) is 4.98 Å². The van der Waals surface area contributed by atoms with Gasteiger partial charge in [-0.05, 0) is 18.1 Å². The van der Waals surface area contributed by atoms with Gasteiger partial charge in [0.25, 0.3) is 0 Å². The van der Waals surface area contributed by atoms with Crippen LogP contribution in [0.2, 0.25) is 0 Å². The maximum atomic E-state index is 5.50. The van der Waals surface area contributed by atoms with Crippen molar-refractivity contribution in [3.8, 4) is 11.4 Å². The Morgan fingerprint density at radius 2 is 1.79 bits per heavy atom. The SMILES string of the molecule is CC(C)CN1CCN(Cc2nc(-c3ccc(N4CCSCC4)nc3)no2)CC1. The fourth-order valence-electron chi connectivity index (χ4n) is 3.77. The van der Waals surface area contributed by atoms with Crippen molar-refractivity contribution in [2.24, 2.45) is 5.92 Å². The van der Waals surface area contributed by atoms with E-state index in [1.165, 1.54) is 18.1 Å². The van der Waals surface area contributed by atoms with E-state index in [0.29, 0.717) is 11.7 Å². The highest BCUT2D eigenvalue weighted by molar-refractivity contribution is 7.99. The van der Waals surface area contributed by atoms with Gasteiger partial charge in [0, 0.05) is 69.1 Å². The maximum Gasteiger partial charge on any atom is 0.241 e. The van der Waals surface area contributed by atoms with Crippen LogP contribution in [0.1, 0.15) is 19.7 Å². The van der Waals surface area contributed by atoms with E-state index in [0.717, 1.165) is 63.1 Å². The van der Waals surface area contributed by atoms with Gasteiger partial charge in [-0.1, -0.05) is 19.0 Å². The lowest BCUT2D eigenvalue weighted by Crippen LogP contribution is -2.46. The Kier molecular flexibility index (Phi) is 6.49. The molecule has 0 amide bonds. The second-order valence-electron chi connectivity index (χ2n) is 7.99. The van der Waals surface area contributed by atoms with E-state index >= 15 is 0 Å². The molecule has 2 aromatic rings. The van der Waals surface area contributed by atoms with Gasteiger partial charge in [0.15, 0.2) is 0 Å². The van der Waals surface area contributed by atoms with Gasteiger partial charge in [0.05, 0.1) is 6.54 Å². The van der Waals surface area contributed by atoms with Gasteiger partial charge in [0.1, 0.15) is 5.82 Å². The molecule has 0 N–H and O–H groups in total. The van der Waals surface area contributed by atoms with Crippen LogP contribution >= 0.6 is 11.8 Å². The number of aromatic nitrogens is 3. The van der Waals surface area contributed by atoms with Crippen LogP contribution in [0.15, 0.2) is 22.9 Å². The summed E-state index contributed by atoms with van der Waals surface area (Å²) in [5, 5.41) is 4.17. The van der Waals surface area contributed by atoms with Crippen molar-refractivity contribution in [1.82, 2.24) is 24.9 Å². The smallest absolute Gasteiger partial charge is 0.241 e. The average molecular weight is 403 g/mol. The Hall–Kier alpha value is -1.64. The summed E-state index contributed by atoms with van der Waals surface area (Å²) in [6.07, 6.45) is 1.86. The molecule has 2 aliphatic heterocycles. The molecule has 0 saturated carbocycles. The van der Waals surface area contributed by atoms with Crippen molar-refractivity contribution in [3.05, 3.63) is 24.2 Å². The molecule has 2 fully saturated rings. The molecule has 2 aromatic heterocycles. The molecule has 0 aliphatic carbocycles. The Bertz CT molecular complexity index is 735. The summed E-state index contributed by atoms with van der Waals surface area (Å²) >= 11 is 2.00. The lowest BCUT2D eigenvalue weighted by atomic mass is 10.2. The molecule has 0 unspecified atom stereocenters. The van der Waals surface area contributed by atoms with E-state index < -0.39 is 0 Å². The molecule has 0 radical (unpaired) electrons. The number of hydrogen-bond donors (Lipinski definition) is 0. The molecular formula is C20H30N6OS. The highest BCUT2D eigenvalue weighted by Gasteiger charge is 2.20. The van der Waals surface area contributed by atoms with Crippen molar-refractivity contribution in [2.75, 3.05) is 62.2 Å². The van der Waals surface area contributed by atoms with E-state index in [2.05, 4.69) is 49.7 Å². The zero-order chi connectivity index (χ0) is 19.3. The summed E-state index contributed by atoms with van der Waals surface area (Å²) in [7, 11) is 0. The Labute approximate surface area is 171 Å². The normalized spacial score (nSPS) is 19.5. The second-order valence-corrected chi connectivity index (χ2v) is 9.21. The summed E-state index contributed by atoms with van der Waals surface area (Å²) in [4.78, 5) is 16.5. The van der Waals surface area contributed by atoms with E-state index in [4.69, 9.17) is 4.52 Å². The van der Waals surface area contributed by atoms with Crippen molar-refractivity contribution >= 4 is 17.6 Å². The molecule has 28 heavy (non-hydrogen) atoms. The third kappa shape index (κ3) is 5.04. The van der Waals surface area contributed by atoms with E-state index in [1.807, 2.05) is 24.0 Å². The minimum absolute atomic E-state index is 0.627. The van der Waals surface area contributed by atoms with E-state index in [9.17, 15) is 0 Å². The standard InChI is InChI=1S/C20H30N6OS/c1-16(2)14-24-5-7-25(8-6-24)15-19-22-20(23-27-19)17-3-4-18(21-13-17)26-9-11-28-12-10-26/h3-4,13,16H,5-12,14-15H2,1-2H3. The van der Waals surface area contributed by atoms with Gasteiger partial charge in [0.2, 0.25) is 11.7 Å². The van der Waals surface area contributed by atoms with Crippen LogP contribution in [-0.2, 0) is 6.54 Å². The van der Waals surface area contributed by atoms with Gasteiger partial charge >= 0.3 is 0 Å². The number of rotatable bonds is 6. The summed E-state index contributed by atoms with van der Waals surface area (Å²) in [6, 6.07) is 4.11. The van der Waals surface area contributed by atoms with Crippen molar-refractivity contribution < 1.29 is 4.52 Å². The quantitative estimate of drug-likeness (QED) is 0.730. The summed E-state index contributed by atoms with van der Waals surface area (Å²) in [6.45, 7) is 12.9. The first-order valence-corrected chi connectivity index (χ1v) is 11.4. The van der Waals surface area contributed by atoms with Crippen molar-refractivity contribution in [1.29, 1.82) is 0 Å². The number of pyridine rings is 1. The van der Waals surface area contributed by atoms with E-state index in [1.54, 1.807) is 0 Å². The fourth-order valence-corrected chi connectivity index (χ4v) is 4.67. The summed E-state index contributed by atoms with van der Waals surface area (Å²) < 4.78 is 5.50. The first-order valence-electron chi connectivity index (χ1n) is 10.2. The molecule has 0 atom stereocenters. The maximum absolute atomic E-state index is 5.50. The zero-order valence-corrected chi connectivity index (χ0v) is 17.7. The monoisotopic (exact) mass is 402 g/mol. The zero-order valence-electron chi connectivity index (χ0n) is 16.9. The van der Waals surface area contributed by atoms with Gasteiger partial charge < -0.3 is 14.3 Å². The van der Waals surface area contributed by atoms with Crippen molar-refractivity contribution in [2.45, 2.75) is 20.4 Å². The highest BCUT2D eigenvalue weighted by atomic mass is 32.2. The predicted octanol–water partition coefficient (Wildman–Crippen LogP) is 2.46. The number of piperazine rings is 1. The van der Waals surface area contributed by atoms with Crippen LogP contribution in [0.5, 0.6) is 0 Å². The number of nitrogens with zero attached hydrogens (tertiary/aromatic N) is 6. The van der Waals surface area contributed by atoms with Crippen LogP contribution in [0.25, 0.3) is 11.4 Å². The minimum atomic E-state index is 0.627. The molecule has 152 valence electrons. The number of anilines is 1. The van der Waals surface area contributed by atoms with Gasteiger partial charge in [-0.2, -0.15) is 16.7 Å². The minimum Gasteiger partial charge on any atom is -0.355 e. The van der Waals surface area contributed by atoms with Crippen LogP contribution < -0.4 is 4.90 Å². The van der Waals surface area contributed by atoms with Crippen LogP contribution in [-0.4, -0.2) is 82.2 Å². The molecule has 4 heterocycles. The number of hydrogen-bond acceptors (Lipinski definition) is 8. The molecule has 7 nitrogen and oxygen atoms in total. The van der Waals surface area contributed by atoms with Gasteiger partial charge in [-0.3, -0.25) is 4.90 Å². The Morgan fingerprint density at radius 3 is 2.46 bits per heavy atom. The molecule has 8 heteroatoms. The Balaban J connectivity index is 1.32. The van der Waals surface area contributed by atoms with Gasteiger partial charge in [-0.15, -0.1) is 0 Å².